The van der Waals surface area contributed by atoms with Crippen molar-refractivity contribution in [1.82, 2.24) is 4.98 Å². The molecule has 0 aliphatic heterocycles. The van der Waals surface area contributed by atoms with Gasteiger partial charge < -0.3 is 10.7 Å². The highest BCUT2D eigenvalue weighted by Crippen LogP contribution is 2.30. The monoisotopic (exact) mass is 216 g/mol. The average molecular weight is 216 g/mol. The molecule has 0 atom stereocenters. The summed E-state index contributed by atoms with van der Waals surface area (Å²) < 4.78 is 0. The number of rotatable bonds is 2. The maximum atomic E-state index is 5.65. The van der Waals surface area contributed by atoms with Crippen LogP contribution < -0.4 is 5.73 Å². The summed E-state index contributed by atoms with van der Waals surface area (Å²) in [7, 11) is 0. The van der Waals surface area contributed by atoms with Crippen LogP contribution in [0.15, 0.2) is 6.20 Å². The molecule has 1 aromatic heterocycles. The molecule has 0 unspecified atom stereocenters. The van der Waals surface area contributed by atoms with Crippen molar-refractivity contribution in [2.75, 3.05) is 6.54 Å². The Hall–Kier alpha value is -1.28. The molecule has 0 amide bonds. The molecule has 0 fully saturated rings. The van der Waals surface area contributed by atoms with E-state index in [-0.39, 0.29) is 0 Å². The lowest BCUT2D eigenvalue weighted by Crippen LogP contribution is -2.02. The SMILES string of the molecule is Cc1c(C)c(C)c2c(CCN)c[nH]c2c1C. The minimum atomic E-state index is 0.707. The first-order chi connectivity index (χ1) is 7.57. The van der Waals surface area contributed by atoms with Gasteiger partial charge in [0.2, 0.25) is 0 Å². The van der Waals surface area contributed by atoms with Crippen LogP contribution in [0.4, 0.5) is 0 Å². The topological polar surface area (TPSA) is 41.8 Å². The van der Waals surface area contributed by atoms with Crippen LogP contribution >= 0.6 is 0 Å². The van der Waals surface area contributed by atoms with E-state index in [1.54, 1.807) is 0 Å². The van der Waals surface area contributed by atoms with E-state index in [1.165, 1.54) is 38.7 Å². The van der Waals surface area contributed by atoms with Crippen LogP contribution in [-0.4, -0.2) is 11.5 Å². The van der Waals surface area contributed by atoms with Gasteiger partial charge in [0.1, 0.15) is 0 Å². The number of aromatic amines is 1. The van der Waals surface area contributed by atoms with E-state index >= 15 is 0 Å². The molecule has 0 saturated carbocycles. The van der Waals surface area contributed by atoms with Crippen molar-refractivity contribution in [3.8, 4) is 0 Å². The molecular formula is C14H20N2. The van der Waals surface area contributed by atoms with Crippen LogP contribution in [0, 0.1) is 27.7 Å². The Labute approximate surface area is 96.9 Å². The third kappa shape index (κ3) is 1.45. The molecule has 86 valence electrons. The lowest BCUT2D eigenvalue weighted by Gasteiger charge is -2.12. The first-order valence-electron chi connectivity index (χ1n) is 5.84. The predicted molar refractivity (Wildman–Crippen MR) is 70.0 cm³/mol. The summed E-state index contributed by atoms with van der Waals surface area (Å²) in [5.41, 5.74) is 13.8. The van der Waals surface area contributed by atoms with E-state index in [0.717, 1.165) is 6.42 Å². The molecule has 0 spiro atoms. The molecule has 2 rings (SSSR count). The van der Waals surface area contributed by atoms with Gasteiger partial charge in [-0.3, -0.25) is 0 Å². The van der Waals surface area contributed by atoms with Crippen LogP contribution in [-0.2, 0) is 6.42 Å². The third-order valence-electron chi connectivity index (χ3n) is 3.81. The fraction of sp³-hybridized carbons (Fsp3) is 0.429. The second kappa shape index (κ2) is 3.95. The average Bonchev–Trinajstić information content (AvgIpc) is 2.68. The first-order valence-corrected chi connectivity index (χ1v) is 5.84. The summed E-state index contributed by atoms with van der Waals surface area (Å²) in [5, 5.41) is 1.38. The minimum Gasteiger partial charge on any atom is -0.361 e. The molecule has 3 N–H and O–H groups in total. The Morgan fingerprint density at radius 3 is 2.25 bits per heavy atom. The van der Waals surface area contributed by atoms with Crippen molar-refractivity contribution in [2.24, 2.45) is 5.73 Å². The van der Waals surface area contributed by atoms with Gasteiger partial charge in [-0.2, -0.15) is 0 Å². The van der Waals surface area contributed by atoms with Crippen LogP contribution in [0.2, 0.25) is 0 Å². The summed E-state index contributed by atoms with van der Waals surface area (Å²) in [4.78, 5) is 3.39. The lowest BCUT2D eigenvalue weighted by atomic mass is 9.93. The zero-order valence-corrected chi connectivity index (χ0v) is 10.6. The first kappa shape index (κ1) is 11.2. The molecule has 0 aliphatic rings. The van der Waals surface area contributed by atoms with Crippen molar-refractivity contribution < 1.29 is 0 Å². The Bertz CT molecular complexity index is 535. The summed E-state index contributed by atoms with van der Waals surface area (Å²) in [6.45, 7) is 9.50. The number of benzene rings is 1. The van der Waals surface area contributed by atoms with E-state index in [1.807, 2.05) is 0 Å². The van der Waals surface area contributed by atoms with Crippen molar-refractivity contribution in [3.05, 3.63) is 34.0 Å². The quantitative estimate of drug-likeness (QED) is 0.796. The van der Waals surface area contributed by atoms with Crippen LogP contribution in [0.5, 0.6) is 0 Å². The minimum absolute atomic E-state index is 0.707. The van der Waals surface area contributed by atoms with Gasteiger partial charge in [-0.25, -0.2) is 0 Å². The Balaban J connectivity index is 2.83. The lowest BCUT2D eigenvalue weighted by molar-refractivity contribution is 0.975. The standard InChI is InChI=1S/C14H20N2/c1-8-9(2)11(4)14-13(10(8)3)12(5-6-15)7-16-14/h7,16H,5-6,15H2,1-4H3. The Kier molecular flexibility index (Phi) is 2.76. The summed E-state index contributed by atoms with van der Waals surface area (Å²) in [6.07, 6.45) is 3.05. The number of H-pyrrole nitrogens is 1. The maximum absolute atomic E-state index is 5.65. The third-order valence-corrected chi connectivity index (χ3v) is 3.81. The van der Waals surface area contributed by atoms with Gasteiger partial charge in [-0.05, 0) is 68.5 Å². The Morgan fingerprint density at radius 2 is 1.62 bits per heavy atom. The molecule has 2 aromatic rings. The predicted octanol–water partition coefficient (Wildman–Crippen LogP) is 2.90. The van der Waals surface area contributed by atoms with Crippen LogP contribution in [0.1, 0.15) is 27.8 Å². The van der Waals surface area contributed by atoms with Crippen molar-refractivity contribution >= 4 is 10.9 Å². The number of hydrogen-bond donors (Lipinski definition) is 2. The number of aryl methyl sites for hydroxylation is 2. The zero-order chi connectivity index (χ0) is 11.9. The number of nitrogens with two attached hydrogens (primary N) is 1. The van der Waals surface area contributed by atoms with E-state index in [9.17, 15) is 0 Å². The smallest absolute Gasteiger partial charge is 0.0492 e. The van der Waals surface area contributed by atoms with E-state index in [4.69, 9.17) is 5.73 Å². The molecular weight excluding hydrogens is 196 g/mol. The number of aromatic nitrogens is 1. The number of hydrogen-bond acceptors (Lipinski definition) is 1. The normalized spacial score (nSPS) is 11.3. The molecule has 0 aliphatic carbocycles. The highest BCUT2D eigenvalue weighted by Gasteiger charge is 2.13. The second-order valence-corrected chi connectivity index (χ2v) is 4.60. The molecule has 0 saturated heterocycles. The molecule has 16 heavy (non-hydrogen) atoms. The highest BCUT2D eigenvalue weighted by atomic mass is 14.7. The van der Waals surface area contributed by atoms with Crippen LogP contribution in [0.3, 0.4) is 0 Å². The highest BCUT2D eigenvalue weighted by molar-refractivity contribution is 5.91. The van der Waals surface area contributed by atoms with Gasteiger partial charge in [-0.1, -0.05) is 0 Å². The summed E-state index contributed by atoms with van der Waals surface area (Å²) in [5.74, 6) is 0. The van der Waals surface area contributed by atoms with Gasteiger partial charge in [0.15, 0.2) is 0 Å². The van der Waals surface area contributed by atoms with Crippen molar-refractivity contribution in [3.63, 3.8) is 0 Å². The van der Waals surface area contributed by atoms with Gasteiger partial charge in [-0.15, -0.1) is 0 Å². The Morgan fingerprint density at radius 1 is 1.00 bits per heavy atom. The summed E-state index contributed by atoms with van der Waals surface area (Å²) in [6, 6.07) is 0. The molecule has 0 bridgehead atoms. The van der Waals surface area contributed by atoms with E-state index in [2.05, 4.69) is 38.9 Å². The second-order valence-electron chi connectivity index (χ2n) is 4.60. The molecule has 1 heterocycles. The fourth-order valence-electron chi connectivity index (χ4n) is 2.48. The van der Waals surface area contributed by atoms with E-state index in [0.29, 0.717) is 6.54 Å². The molecule has 2 heteroatoms. The van der Waals surface area contributed by atoms with Gasteiger partial charge in [0.25, 0.3) is 0 Å². The maximum Gasteiger partial charge on any atom is 0.0492 e. The van der Waals surface area contributed by atoms with Gasteiger partial charge in [0.05, 0.1) is 0 Å². The fourth-order valence-corrected chi connectivity index (χ4v) is 2.48. The summed E-state index contributed by atoms with van der Waals surface area (Å²) >= 11 is 0. The largest absolute Gasteiger partial charge is 0.361 e. The van der Waals surface area contributed by atoms with Crippen molar-refractivity contribution in [2.45, 2.75) is 34.1 Å². The zero-order valence-electron chi connectivity index (χ0n) is 10.6. The van der Waals surface area contributed by atoms with Gasteiger partial charge >= 0.3 is 0 Å². The number of fused-ring (bicyclic) bond motifs is 1. The van der Waals surface area contributed by atoms with E-state index < -0.39 is 0 Å². The van der Waals surface area contributed by atoms with Crippen molar-refractivity contribution in [1.29, 1.82) is 0 Å². The molecule has 2 nitrogen and oxygen atoms in total. The van der Waals surface area contributed by atoms with Gasteiger partial charge in [0, 0.05) is 17.1 Å². The number of nitrogens with one attached hydrogen (secondary N) is 1. The van der Waals surface area contributed by atoms with Crippen LogP contribution in [0.25, 0.3) is 10.9 Å². The molecule has 0 radical (unpaired) electrons. The molecule has 1 aromatic carbocycles.